The highest BCUT2D eigenvalue weighted by atomic mass is 19.1. The van der Waals surface area contributed by atoms with Crippen LogP contribution in [0.1, 0.15) is 21.5 Å². The number of hydrogen-bond acceptors (Lipinski definition) is 3. The molecule has 23 heavy (non-hydrogen) atoms. The van der Waals surface area contributed by atoms with Crippen LogP contribution in [0.5, 0.6) is 5.75 Å². The molecule has 2 N–H and O–H groups in total. The number of aliphatic hydroxyl groups is 1. The van der Waals surface area contributed by atoms with E-state index >= 15 is 0 Å². The maximum atomic E-state index is 13.3. The molecule has 0 spiro atoms. The minimum Gasteiger partial charge on any atom is -0.491 e. The van der Waals surface area contributed by atoms with Crippen molar-refractivity contribution >= 4 is 5.91 Å². The number of aliphatic hydroxyl groups excluding tert-OH is 1. The van der Waals surface area contributed by atoms with Gasteiger partial charge < -0.3 is 15.2 Å². The highest BCUT2D eigenvalue weighted by Gasteiger charge is 2.11. The molecule has 0 heterocycles. The van der Waals surface area contributed by atoms with Gasteiger partial charge in [-0.1, -0.05) is 12.1 Å². The Morgan fingerprint density at radius 2 is 2.00 bits per heavy atom. The maximum absolute atomic E-state index is 13.3. The summed E-state index contributed by atoms with van der Waals surface area (Å²) < 4.78 is 18.7. The van der Waals surface area contributed by atoms with Crippen LogP contribution in [-0.2, 0) is 0 Å². The number of hydrogen-bond donors (Lipinski definition) is 2. The molecule has 0 aliphatic heterocycles. The number of rotatable bonds is 6. The van der Waals surface area contributed by atoms with E-state index in [1.165, 1.54) is 6.07 Å². The molecule has 0 aliphatic rings. The summed E-state index contributed by atoms with van der Waals surface area (Å²) in [5, 5.41) is 12.4. The molecule has 0 radical (unpaired) electrons. The van der Waals surface area contributed by atoms with Crippen molar-refractivity contribution in [3.8, 4) is 5.75 Å². The quantitative estimate of drug-likeness (QED) is 0.861. The normalized spacial score (nSPS) is 11.8. The Labute approximate surface area is 134 Å². The molecule has 0 fully saturated rings. The van der Waals surface area contributed by atoms with Gasteiger partial charge in [-0.25, -0.2) is 4.39 Å². The molecule has 0 saturated heterocycles. The van der Waals surface area contributed by atoms with Crippen molar-refractivity contribution in [2.45, 2.75) is 20.0 Å². The summed E-state index contributed by atoms with van der Waals surface area (Å²) >= 11 is 0. The van der Waals surface area contributed by atoms with Crippen LogP contribution in [0.15, 0.2) is 42.5 Å². The van der Waals surface area contributed by atoms with Gasteiger partial charge in [-0.2, -0.15) is 0 Å². The molecule has 0 bridgehead atoms. The van der Waals surface area contributed by atoms with E-state index in [1.54, 1.807) is 19.1 Å². The lowest BCUT2D eigenvalue weighted by Gasteiger charge is -2.14. The molecule has 2 aromatic rings. The van der Waals surface area contributed by atoms with E-state index in [9.17, 15) is 14.3 Å². The fourth-order valence-corrected chi connectivity index (χ4v) is 2.14. The van der Waals surface area contributed by atoms with Gasteiger partial charge in [-0.05, 0) is 55.3 Å². The van der Waals surface area contributed by atoms with E-state index in [4.69, 9.17) is 4.74 Å². The van der Waals surface area contributed by atoms with Gasteiger partial charge in [0, 0.05) is 12.1 Å². The molecule has 2 rings (SSSR count). The Kier molecular flexibility index (Phi) is 5.71. The zero-order chi connectivity index (χ0) is 16.8. The fraction of sp³-hybridized carbons (Fsp3) is 0.278. The first-order valence-corrected chi connectivity index (χ1v) is 7.37. The van der Waals surface area contributed by atoms with Gasteiger partial charge in [-0.15, -0.1) is 0 Å². The van der Waals surface area contributed by atoms with E-state index in [0.717, 1.165) is 11.6 Å². The number of nitrogens with one attached hydrogen (secondary N) is 1. The predicted octanol–water partition coefficient (Wildman–Crippen LogP) is 2.61. The van der Waals surface area contributed by atoms with E-state index < -0.39 is 17.8 Å². The number of ether oxygens (including phenoxy) is 1. The van der Waals surface area contributed by atoms with Crippen molar-refractivity contribution in [1.29, 1.82) is 0 Å². The van der Waals surface area contributed by atoms with Crippen molar-refractivity contribution in [3.63, 3.8) is 0 Å². The maximum Gasteiger partial charge on any atom is 0.251 e. The molecule has 0 aliphatic carbocycles. The van der Waals surface area contributed by atoms with Crippen LogP contribution in [0.4, 0.5) is 4.39 Å². The van der Waals surface area contributed by atoms with Crippen molar-refractivity contribution in [1.82, 2.24) is 5.32 Å². The van der Waals surface area contributed by atoms with Crippen molar-refractivity contribution in [2.75, 3.05) is 13.2 Å². The van der Waals surface area contributed by atoms with E-state index in [0.29, 0.717) is 11.3 Å². The molecule has 5 heteroatoms. The number of carbonyl (C=O) groups is 1. The van der Waals surface area contributed by atoms with Gasteiger partial charge >= 0.3 is 0 Å². The van der Waals surface area contributed by atoms with Crippen molar-refractivity contribution < 1.29 is 19.0 Å². The first-order chi connectivity index (χ1) is 10.9. The predicted molar refractivity (Wildman–Crippen MR) is 86.2 cm³/mol. The third kappa shape index (κ3) is 5.38. The number of amides is 1. The lowest BCUT2D eigenvalue weighted by Crippen LogP contribution is -2.35. The third-order valence-corrected chi connectivity index (χ3v) is 3.23. The summed E-state index contributed by atoms with van der Waals surface area (Å²) in [5.41, 5.74) is 1.96. The Morgan fingerprint density at radius 3 is 2.70 bits per heavy atom. The first kappa shape index (κ1) is 17.0. The topological polar surface area (TPSA) is 58.6 Å². The van der Waals surface area contributed by atoms with Crippen LogP contribution < -0.4 is 10.1 Å². The highest BCUT2D eigenvalue weighted by Crippen LogP contribution is 2.12. The van der Waals surface area contributed by atoms with E-state index in [1.807, 2.05) is 25.1 Å². The Hall–Kier alpha value is -2.40. The largest absolute Gasteiger partial charge is 0.491 e. The second-order valence-corrected chi connectivity index (χ2v) is 5.51. The number of aryl methyl sites for hydroxylation is 2. The van der Waals surface area contributed by atoms with Gasteiger partial charge in [0.1, 0.15) is 24.3 Å². The SMILES string of the molecule is Cc1cccc(OCC(O)CNC(=O)c2cc(C)cc(F)c2)c1. The molecule has 2 aromatic carbocycles. The van der Waals surface area contributed by atoms with Crippen LogP contribution >= 0.6 is 0 Å². The van der Waals surface area contributed by atoms with Gasteiger partial charge in [-0.3, -0.25) is 4.79 Å². The second-order valence-electron chi connectivity index (χ2n) is 5.51. The summed E-state index contributed by atoms with van der Waals surface area (Å²) in [6.07, 6.45) is -0.853. The second kappa shape index (κ2) is 7.74. The summed E-state index contributed by atoms with van der Waals surface area (Å²) in [6.45, 7) is 3.75. The van der Waals surface area contributed by atoms with Gasteiger partial charge in [0.25, 0.3) is 5.91 Å². The summed E-state index contributed by atoms with van der Waals surface area (Å²) in [4.78, 5) is 11.9. The summed E-state index contributed by atoms with van der Waals surface area (Å²) in [7, 11) is 0. The van der Waals surface area contributed by atoms with Crippen LogP contribution in [-0.4, -0.2) is 30.3 Å². The average molecular weight is 317 g/mol. The summed E-state index contributed by atoms with van der Waals surface area (Å²) in [6, 6.07) is 11.6. The Bertz CT molecular complexity index is 667. The van der Waals surface area contributed by atoms with E-state index in [-0.39, 0.29) is 18.7 Å². The molecule has 1 atom stereocenters. The number of halogens is 1. The minimum absolute atomic E-state index is 0.0280. The standard InChI is InChI=1S/C18H20FNO3/c1-12-4-3-5-17(8-12)23-11-16(21)10-20-18(22)14-6-13(2)7-15(19)9-14/h3-9,16,21H,10-11H2,1-2H3,(H,20,22). The molecule has 4 nitrogen and oxygen atoms in total. The zero-order valence-electron chi connectivity index (χ0n) is 13.2. The van der Waals surface area contributed by atoms with Gasteiger partial charge in [0.15, 0.2) is 0 Å². The molecule has 122 valence electrons. The molecule has 1 amide bonds. The van der Waals surface area contributed by atoms with Gasteiger partial charge in [0.2, 0.25) is 0 Å². The van der Waals surface area contributed by atoms with Crippen molar-refractivity contribution in [2.24, 2.45) is 0 Å². The Morgan fingerprint density at radius 1 is 1.22 bits per heavy atom. The van der Waals surface area contributed by atoms with Crippen molar-refractivity contribution in [3.05, 3.63) is 65.0 Å². The molecular weight excluding hydrogens is 297 g/mol. The molecule has 0 aromatic heterocycles. The third-order valence-electron chi connectivity index (χ3n) is 3.23. The molecule has 1 unspecified atom stereocenters. The zero-order valence-corrected chi connectivity index (χ0v) is 13.2. The molecule has 0 saturated carbocycles. The molecular formula is C18H20FNO3. The lowest BCUT2D eigenvalue weighted by atomic mass is 10.1. The Balaban J connectivity index is 1.81. The van der Waals surface area contributed by atoms with E-state index in [2.05, 4.69) is 5.32 Å². The smallest absolute Gasteiger partial charge is 0.251 e. The lowest BCUT2D eigenvalue weighted by molar-refractivity contribution is 0.0843. The first-order valence-electron chi connectivity index (χ1n) is 7.37. The fourth-order valence-electron chi connectivity index (χ4n) is 2.14. The van der Waals surface area contributed by atoms with Crippen LogP contribution in [0.25, 0.3) is 0 Å². The highest BCUT2D eigenvalue weighted by molar-refractivity contribution is 5.94. The monoisotopic (exact) mass is 317 g/mol. The van der Waals surface area contributed by atoms with Crippen LogP contribution in [0.3, 0.4) is 0 Å². The minimum atomic E-state index is -0.853. The average Bonchev–Trinajstić information content (AvgIpc) is 2.49. The summed E-state index contributed by atoms with van der Waals surface area (Å²) in [5.74, 6) is -0.225. The van der Waals surface area contributed by atoms with Crippen LogP contribution in [0.2, 0.25) is 0 Å². The number of benzene rings is 2. The van der Waals surface area contributed by atoms with Crippen LogP contribution in [0, 0.1) is 19.7 Å². The number of carbonyl (C=O) groups excluding carboxylic acids is 1. The van der Waals surface area contributed by atoms with Gasteiger partial charge in [0.05, 0.1) is 0 Å².